The average molecular weight is 401 g/mol. The van der Waals surface area contributed by atoms with Crippen LogP contribution in [0.2, 0.25) is 10.0 Å². The highest BCUT2D eigenvalue weighted by molar-refractivity contribution is 6.43. The van der Waals surface area contributed by atoms with Crippen LogP contribution >= 0.6 is 23.2 Å². The minimum atomic E-state index is -0.135. The molecule has 1 aromatic heterocycles. The molecule has 0 bridgehead atoms. The predicted octanol–water partition coefficient (Wildman–Crippen LogP) is 3.79. The van der Waals surface area contributed by atoms with Crippen LogP contribution in [0.3, 0.4) is 0 Å². The van der Waals surface area contributed by atoms with Crippen LogP contribution in [-0.2, 0) is 13.0 Å². The molecular weight excluding hydrogens is 383 g/mol. The van der Waals surface area contributed by atoms with Crippen molar-refractivity contribution >= 4 is 34.8 Å². The lowest BCUT2D eigenvalue weighted by Crippen LogP contribution is -2.37. The third kappa shape index (κ3) is 3.45. The lowest BCUT2D eigenvalue weighted by atomic mass is 9.99. The summed E-state index contributed by atoms with van der Waals surface area (Å²) in [5.41, 5.74) is 4.32. The van der Waals surface area contributed by atoms with E-state index in [1.807, 2.05) is 19.1 Å². The van der Waals surface area contributed by atoms with Gasteiger partial charge in [0, 0.05) is 18.7 Å². The molecular formula is C20H18Cl2N4O. The highest BCUT2D eigenvalue weighted by atomic mass is 35.5. The van der Waals surface area contributed by atoms with Crippen molar-refractivity contribution in [2.24, 2.45) is 0 Å². The minimum Gasteiger partial charge on any atom is -0.380 e. The zero-order valence-corrected chi connectivity index (χ0v) is 16.3. The molecule has 0 atom stereocenters. The van der Waals surface area contributed by atoms with Crippen molar-refractivity contribution in [3.05, 3.63) is 74.8 Å². The van der Waals surface area contributed by atoms with E-state index in [1.54, 1.807) is 23.1 Å². The maximum Gasteiger partial charge on any atom is 0.255 e. The van der Waals surface area contributed by atoms with Gasteiger partial charge in [-0.1, -0.05) is 41.4 Å². The molecule has 4 rings (SSSR count). The number of carbonyl (C=O) groups excluding carboxylic acids is 1. The second kappa shape index (κ2) is 7.33. The van der Waals surface area contributed by atoms with E-state index in [-0.39, 0.29) is 10.9 Å². The van der Waals surface area contributed by atoms with Gasteiger partial charge < -0.3 is 10.2 Å². The number of amides is 1. The third-order valence-electron chi connectivity index (χ3n) is 4.71. The highest BCUT2D eigenvalue weighted by Gasteiger charge is 2.28. The zero-order valence-electron chi connectivity index (χ0n) is 14.8. The molecule has 1 N–H and O–H groups in total. The Labute approximate surface area is 167 Å². The van der Waals surface area contributed by atoms with Crippen LogP contribution in [0.25, 0.3) is 5.70 Å². The van der Waals surface area contributed by atoms with E-state index in [9.17, 15) is 4.79 Å². The number of carbonyl (C=O) groups is 1. The number of nitrogens with one attached hydrogen (secondary N) is 1. The molecule has 0 unspecified atom stereocenters. The van der Waals surface area contributed by atoms with Crippen molar-refractivity contribution in [3.63, 3.8) is 0 Å². The van der Waals surface area contributed by atoms with Crippen LogP contribution in [0.15, 0.2) is 36.4 Å². The van der Waals surface area contributed by atoms with Crippen molar-refractivity contribution in [3.8, 4) is 0 Å². The van der Waals surface area contributed by atoms with Crippen molar-refractivity contribution in [1.29, 1.82) is 0 Å². The van der Waals surface area contributed by atoms with Crippen LogP contribution in [0.4, 0.5) is 0 Å². The van der Waals surface area contributed by atoms with Crippen LogP contribution in [0.1, 0.15) is 33.1 Å². The van der Waals surface area contributed by atoms with Crippen molar-refractivity contribution in [1.82, 2.24) is 20.2 Å². The monoisotopic (exact) mass is 400 g/mol. The quantitative estimate of drug-likeness (QED) is 0.832. The lowest BCUT2D eigenvalue weighted by Gasteiger charge is -2.30. The number of halogens is 2. The van der Waals surface area contributed by atoms with Gasteiger partial charge in [0.1, 0.15) is 5.82 Å². The Hall–Kier alpha value is -2.37. The summed E-state index contributed by atoms with van der Waals surface area (Å²) in [5, 5.41) is 4.03. The van der Waals surface area contributed by atoms with E-state index < -0.39 is 0 Å². The first-order valence-corrected chi connectivity index (χ1v) is 9.51. The van der Waals surface area contributed by atoms with E-state index in [0.717, 1.165) is 29.2 Å². The summed E-state index contributed by atoms with van der Waals surface area (Å²) in [7, 11) is 0. The summed E-state index contributed by atoms with van der Waals surface area (Å²) in [5.74, 6) is 0.556. The SMILES string of the molecule is Cc1nc2c(c(C3=CC=CCN3)n1)CCN(C(=O)c1cccc(Cl)c1Cl)C2. The number of aromatic nitrogens is 2. The summed E-state index contributed by atoms with van der Waals surface area (Å²) in [4.78, 5) is 24.0. The second-order valence-electron chi connectivity index (χ2n) is 6.51. The molecule has 2 aliphatic rings. The van der Waals surface area contributed by atoms with Crippen molar-refractivity contribution < 1.29 is 4.79 Å². The highest BCUT2D eigenvalue weighted by Crippen LogP contribution is 2.29. The van der Waals surface area contributed by atoms with Gasteiger partial charge in [-0.05, 0) is 31.6 Å². The number of hydrogen-bond donors (Lipinski definition) is 1. The molecule has 0 saturated heterocycles. The molecule has 1 aromatic carbocycles. The average Bonchev–Trinajstić information content (AvgIpc) is 2.69. The summed E-state index contributed by atoms with van der Waals surface area (Å²) in [6.45, 7) is 3.66. The molecule has 1 amide bonds. The Morgan fingerprint density at radius 2 is 2.11 bits per heavy atom. The van der Waals surface area contributed by atoms with Gasteiger partial charge in [-0.2, -0.15) is 0 Å². The van der Waals surface area contributed by atoms with Gasteiger partial charge in [-0.25, -0.2) is 9.97 Å². The van der Waals surface area contributed by atoms with E-state index in [1.165, 1.54) is 0 Å². The van der Waals surface area contributed by atoms with E-state index in [4.69, 9.17) is 23.2 Å². The van der Waals surface area contributed by atoms with Crippen molar-refractivity contribution in [2.45, 2.75) is 19.9 Å². The second-order valence-corrected chi connectivity index (χ2v) is 7.30. The maximum absolute atomic E-state index is 13.0. The van der Waals surface area contributed by atoms with Gasteiger partial charge in [-0.3, -0.25) is 4.79 Å². The number of allylic oxidation sites excluding steroid dienone is 2. The first kappa shape index (κ1) is 18.0. The fourth-order valence-corrected chi connectivity index (χ4v) is 3.79. The summed E-state index contributed by atoms with van der Waals surface area (Å²) in [6, 6.07) is 5.11. The van der Waals surface area contributed by atoms with Gasteiger partial charge >= 0.3 is 0 Å². The number of nitrogens with zero attached hydrogens (tertiary/aromatic N) is 3. The van der Waals surface area contributed by atoms with Gasteiger partial charge in [0.15, 0.2) is 0 Å². The lowest BCUT2D eigenvalue weighted by molar-refractivity contribution is 0.0731. The fourth-order valence-electron chi connectivity index (χ4n) is 3.41. The fraction of sp³-hybridized carbons (Fsp3) is 0.250. The van der Waals surface area contributed by atoms with Gasteiger partial charge in [-0.15, -0.1) is 0 Å². The molecule has 0 aliphatic carbocycles. The smallest absolute Gasteiger partial charge is 0.255 e. The maximum atomic E-state index is 13.0. The number of aryl methyl sites for hydroxylation is 1. The molecule has 7 heteroatoms. The number of benzene rings is 1. The first-order chi connectivity index (χ1) is 13.0. The number of fused-ring (bicyclic) bond motifs is 1. The molecule has 0 spiro atoms. The summed E-state index contributed by atoms with van der Waals surface area (Å²) in [6.07, 6.45) is 6.79. The Bertz CT molecular complexity index is 984. The summed E-state index contributed by atoms with van der Waals surface area (Å²) >= 11 is 12.3. The predicted molar refractivity (Wildman–Crippen MR) is 107 cm³/mol. The molecule has 5 nitrogen and oxygen atoms in total. The van der Waals surface area contributed by atoms with Crippen molar-refractivity contribution in [2.75, 3.05) is 13.1 Å². The largest absolute Gasteiger partial charge is 0.380 e. The normalized spacial score (nSPS) is 15.8. The molecule has 138 valence electrons. The zero-order chi connectivity index (χ0) is 19.0. The summed E-state index contributed by atoms with van der Waals surface area (Å²) < 4.78 is 0. The van der Waals surface area contributed by atoms with E-state index >= 15 is 0 Å². The Morgan fingerprint density at radius 1 is 1.26 bits per heavy atom. The number of rotatable bonds is 2. The number of hydrogen-bond acceptors (Lipinski definition) is 4. The van der Waals surface area contributed by atoms with Gasteiger partial charge in [0.2, 0.25) is 0 Å². The standard InChI is InChI=1S/C20H18Cl2N4O/c1-12-24-17-11-26(20(27)14-5-4-6-15(21)18(14)22)10-8-13(17)19(25-12)16-7-2-3-9-23-16/h2-7,23H,8-11H2,1H3. The van der Waals surface area contributed by atoms with Crippen LogP contribution < -0.4 is 5.32 Å². The Morgan fingerprint density at radius 3 is 2.89 bits per heavy atom. The molecule has 0 radical (unpaired) electrons. The first-order valence-electron chi connectivity index (χ1n) is 8.75. The topological polar surface area (TPSA) is 58.1 Å². The Kier molecular flexibility index (Phi) is 4.89. The molecule has 2 aliphatic heterocycles. The molecule has 0 saturated carbocycles. The van der Waals surface area contributed by atoms with Crippen LogP contribution in [-0.4, -0.2) is 33.9 Å². The van der Waals surface area contributed by atoms with E-state index in [0.29, 0.717) is 35.9 Å². The third-order valence-corrected chi connectivity index (χ3v) is 5.53. The van der Waals surface area contributed by atoms with Crippen LogP contribution in [0.5, 0.6) is 0 Å². The minimum absolute atomic E-state index is 0.135. The molecule has 27 heavy (non-hydrogen) atoms. The number of dihydropyridines is 1. The molecule has 2 aromatic rings. The van der Waals surface area contributed by atoms with Gasteiger partial charge in [0.25, 0.3) is 5.91 Å². The van der Waals surface area contributed by atoms with Crippen LogP contribution in [0, 0.1) is 6.92 Å². The molecule has 0 fully saturated rings. The molecule has 3 heterocycles. The Balaban J connectivity index is 1.66. The van der Waals surface area contributed by atoms with Gasteiger partial charge in [0.05, 0.1) is 39.2 Å². The van der Waals surface area contributed by atoms with E-state index in [2.05, 4.69) is 21.4 Å².